The van der Waals surface area contributed by atoms with Gasteiger partial charge in [0.1, 0.15) is 12.4 Å². The van der Waals surface area contributed by atoms with Crippen LogP contribution >= 0.6 is 0 Å². The molecule has 1 aromatic carbocycles. The van der Waals surface area contributed by atoms with Crippen LogP contribution in [0.2, 0.25) is 0 Å². The van der Waals surface area contributed by atoms with Crippen LogP contribution in [0.1, 0.15) is 23.9 Å². The highest BCUT2D eigenvalue weighted by molar-refractivity contribution is 5.67. The van der Waals surface area contributed by atoms with E-state index < -0.39 is 11.9 Å². The average molecular weight is 300 g/mol. The van der Waals surface area contributed by atoms with Crippen LogP contribution < -0.4 is 9.84 Å². The second-order valence-electron chi connectivity index (χ2n) is 5.68. The molecule has 0 fully saturated rings. The number of carboxylic acid groups (broad SMARTS) is 1. The molecule has 1 aromatic heterocycles. The van der Waals surface area contributed by atoms with Crippen molar-refractivity contribution in [3.05, 3.63) is 53.3 Å². The number of nitrogens with zero attached hydrogens (tertiary/aromatic N) is 1. The largest absolute Gasteiger partial charge is 0.550 e. The zero-order chi connectivity index (χ0) is 16.1. The third kappa shape index (κ3) is 4.13. The summed E-state index contributed by atoms with van der Waals surface area (Å²) in [5, 5.41) is 10.7. The number of ether oxygens (including phenoxy) is 1. The fraction of sp³-hybridized carbons (Fsp3) is 0.389. The SMILES string of the molecule is Cc1ccc(C)n1CCOc1ccc(CC(C)C(=O)[O-])cc1. The average Bonchev–Trinajstić information content (AvgIpc) is 2.80. The molecular formula is C18H22NO3-. The predicted molar refractivity (Wildman–Crippen MR) is 83.7 cm³/mol. The summed E-state index contributed by atoms with van der Waals surface area (Å²) in [7, 11) is 0. The minimum Gasteiger partial charge on any atom is -0.550 e. The van der Waals surface area contributed by atoms with Crippen LogP contribution in [-0.4, -0.2) is 17.1 Å². The number of aromatic nitrogens is 1. The number of rotatable bonds is 7. The third-order valence-electron chi connectivity index (χ3n) is 3.87. The molecular weight excluding hydrogens is 278 g/mol. The number of aryl methyl sites for hydroxylation is 2. The van der Waals surface area contributed by atoms with Crippen molar-refractivity contribution in [1.29, 1.82) is 0 Å². The standard InChI is InChI=1S/C18H23NO3/c1-13(18(20)21)12-16-6-8-17(9-7-16)22-11-10-19-14(2)4-5-15(19)3/h4-9,13H,10-12H2,1-3H3,(H,20,21)/p-1. The Morgan fingerprint density at radius 3 is 2.27 bits per heavy atom. The zero-order valence-electron chi connectivity index (χ0n) is 13.3. The number of hydrogen-bond donors (Lipinski definition) is 0. The van der Waals surface area contributed by atoms with Gasteiger partial charge in [-0.15, -0.1) is 0 Å². The summed E-state index contributed by atoms with van der Waals surface area (Å²) in [6.07, 6.45) is 0.477. The first kappa shape index (κ1) is 16.1. The van der Waals surface area contributed by atoms with E-state index in [0.717, 1.165) is 17.9 Å². The predicted octanol–water partition coefficient (Wildman–Crippen LogP) is 2.11. The van der Waals surface area contributed by atoms with Crippen molar-refractivity contribution < 1.29 is 14.6 Å². The molecule has 0 aliphatic heterocycles. The van der Waals surface area contributed by atoms with Gasteiger partial charge < -0.3 is 19.2 Å². The number of aliphatic carboxylic acids is 1. The van der Waals surface area contributed by atoms with Crippen LogP contribution in [0.4, 0.5) is 0 Å². The summed E-state index contributed by atoms with van der Waals surface area (Å²) in [5.41, 5.74) is 3.43. The molecule has 0 aliphatic carbocycles. The molecule has 0 aliphatic rings. The smallest absolute Gasteiger partial charge is 0.119 e. The molecule has 118 valence electrons. The van der Waals surface area contributed by atoms with Crippen LogP contribution in [0.25, 0.3) is 0 Å². The minimum absolute atomic E-state index is 0.477. The maximum atomic E-state index is 10.7. The van der Waals surface area contributed by atoms with Crippen molar-refractivity contribution in [3.63, 3.8) is 0 Å². The first-order chi connectivity index (χ1) is 10.5. The second-order valence-corrected chi connectivity index (χ2v) is 5.68. The Bertz CT molecular complexity index is 609. The Kier molecular flexibility index (Phi) is 5.26. The highest BCUT2D eigenvalue weighted by Crippen LogP contribution is 2.15. The summed E-state index contributed by atoms with van der Waals surface area (Å²) in [4.78, 5) is 10.7. The lowest BCUT2D eigenvalue weighted by atomic mass is 10.0. The number of hydrogen-bond acceptors (Lipinski definition) is 3. The first-order valence-electron chi connectivity index (χ1n) is 7.52. The van der Waals surface area contributed by atoms with E-state index in [0.29, 0.717) is 13.0 Å². The van der Waals surface area contributed by atoms with Crippen molar-refractivity contribution in [2.75, 3.05) is 6.61 Å². The van der Waals surface area contributed by atoms with Gasteiger partial charge in [-0.1, -0.05) is 19.1 Å². The van der Waals surface area contributed by atoms with Gasteiger partial charge >= 0.3 is 0 Å². The Morgan fingerprint density at radius 1 is 1.14 bits per heavy atom. The molecule has 2 aromatic rings. The number of carbonyl (C=O) groups excluding carboxylic acids is 1. The van der Waals surface area contributed by atoms with E-state index in [1.165, 1.54) is 11.4 Å². The Labute approximate surface area is 131 Å². The lowest BCUT2D eigenvalue weighted by Crippen LogP contribution is -2.30. The van der Waals surface area contributed by atoms with Gasteiger partial charge in [0.25, 0.3) is 0 Å². The zero-order valence-corrected chi connectivity index (χ0v) is 13.3. The first-order valence-corrected chi connectivity index (χ1v) is 7.52. The van der Waals surface area contributed by atoms with Crippen molar-refractivity contribution in [1.82, 2.24) is 4.57 Å². The van der Waals surface area contributed by atoms with Gasteiger partial charge in [0.15, 0.2) is 0 Å². The number of carboxylic acids is 1. The molecule has 0 bridgehead atoms. The van der Waals surface area contributed by atoms with E-state index in [4.69, 9.17) is 4.74 Å². The molecule has 1 atom stereocenters. The second kappa shape index (κ2) is 7.16. The summed E-state index contributed by atoms with van der Waals surface area (Å²) >= 11 is 0. The minimum atomic E-state index is -1.02. The lowest BCUT2D eigenvalue weighted by Gasteiger charge is -2.13. The molecule has 4 nitrogen and oxygen atoms in total. The van der Waals surface area contributed by atoms with E-state index in [1.807, 2.05) is 24.3 Å². The molecule has 0 radical (unpaired) electrons. The maximum Gasteiger partial charge on any atom is 0.119 e. The molecule has 1 unspecified atom stereocenters. The van der Waals surface area contributed by atoms with E-state index in [-0.39, 0.29) is 0 Å². The van der Waals surface area contributed by atoms with Gasteiger partial charge in [0.05, 0.1) is 6.54 Å². The monoisotopic (exact) mass is 300 g/mol. The molecule has 4 heteroatoms. The van der Waals surface area contributed by atoms with Crippen molar-refractivity contribution in [3.8, 4) is 5.75 Å². The normalized spacial score (nSPS) is 12.1. The molecule has 0 amide bonds. The Balaban J connectivity index is 1.85. The van der Waals surface area contributed by atoms with Crippen LogP contribution in [0.5, 0.6) is 5.75 Å². The van der Waals surface area contributed by atoms with E-state index in [1.54, 1.807) is 6.92 Å². The third-order valence-corrected chi connectivity index (χ3v) is 3.87. The number of carbonyl (C=O) groups is 1. The highest BCUT2D eigenvalue weighted by Gasteiger charge is 2.05. The Morgan fingerprint density at radius 2 is 1.73 bits per heavy atom. The molecule has 0 saturated heterocycles. The lowest BCUT2D eigenvalue weighted by molar-refractivity contribution is -0.310. The van der Waals surface area contributed by atoms with Gasteiger partial charge in [-0.3, -0.25) is 0 Å². The quantitative estimate of drug-likeness (QED) is 0.787. The van der Waals surface area contributed by atoms with Crippen molar-refractivity contribution in [2.45, 2.75) is 33.7 Å². The van der Waals surface area contributed by atoms with Gasteiger partial charge in [-0.05, 0) is 56.0 Å². The summed E-state index contributed by atoms with van der Waals surface area (Å²) in [6.45, 7) is 7.24. The van der Waals surface area contributed by atoms with E-state index in [2.05, 4.69) is 30.5 Å². The van der Waals surface area contributed by atoms with E-state index >= 15 is 0 Å². The van der Waals surface area contributed by atoms with Crippen molar-refractivity contribution in [2.24, 2.45) is 5.92 Å². The van der Waals surface area contributed by atoms with Crippen LogP contribution in [0.3, 0.4) is 0 Å². The van der Waals surface area contributed by atoms with Gasteiger partial charge in [-0.25, -0.2) is 0 Å². The van der Waals surface area contributed by atoms with Crippen LogP contribution in [0.15, 0.2) is 36.4 Å². The molecule has 0 spiro atoms. The van der Waals surface area contributed by atoms with Crippen LogP contribution in [-0.2, 0) is 17.8 Å². The molecule has 1 heterocycles. The number of benzene rings is 1. The van der Waals surface area contributed by atoms with Gasteiger partial charge in [0.2, 0.25) is 0 Å². The highest BCUT2D eigenvalue weighted by atomic mass is 16.5. The summed E-state index contributed by atoms with van der Waals surface area (Å²) < 4.78 is 7.97. The van der Waals surface area contributed by atoms with Crippen molar-refractivity contribution >= 4 is 5.97 Å². The fourth-order valence-electron chi connectivity index (χ4n) is 2.47. The topological polar surface area (TPSA) is 54.3 Å². The van der Waals surface area contributed by atoms with Gasteiger partial charge in [0, 0.05) is 17.4 Å². The summed E-state index contributed by atoms with van der Waals surface area (Å²) in [5.74, 6) is -0.698. The fourth-order valence-corrected chi connectivity index (χ4v) is 2.47. The van der Waals surface area contributed by atoms with Gasteiger partial charge in [-0.2, -0.15) is 0 Å². The maximum absolute atomic E-state index is 10.7. The van der Waals surface area contributed by atoms with E-state index in [9.17, 15) is 9.90 Å². The molecule has 2 rings (SSSR count). The Hall–Kier alpha value is -2.23. The molecule has 22 heavy (non-hydrogen) atoms. The summed E-state index contributed by atoms with van der Waals surface area (Å²) in [6, 6.07) is 11.8. The van der Waals surface area contributed by atoms with Crippen LogP contribution in [0, 0.1) is 19.8 Å². The molecule has 0 N–H and O–H groups in total. The molecule has 0 saturated carbocycles.